The van der Waals surface area contributed by atoms with Crippen molar-refractivity contribution < 1.29 is 19.1 Å². The maximum atomic E-state index is 11.0. The van der Waals surface area contributed by atoms with E-state index >= 15 is 0 Å². The van der Waals surface area contributed by atoms with Gasteiger partial charge in [0, 0.05) is 0 Å². The van der Waals surface area contributed by atoms with Gasteiger partial charge in [0.2, 0.25) is 0 Å². The molecule has 84 valence electrons. The minimum atomic E-state index is -0.356. The van der Waals surface area contributed by atoms with Gasteiger partial charge in [-0.15, -0.1) is 11.8 Å². The topological polar surface area (TPSA) is 60.4 Å². The van der Waals surface area contributed by atoms with Crippen LogP contribution in [-0.2, 0) is 19.1 Å². The average Bonchev–Trinajstić information content (AvgIpc) is 2.11. The van der Waals surface area contributed by atoms with Crippen LogP contribution in [0, 0.1) is 0 Å². The summed E-state index contributed by atoms with van der Waals surface area (Å²) in [4.78, 5) is 32.9. The summed E-state index contributed by atoms with van der Waals surface area (Å²) in [5.74, 6) is -0.833. The van der Waals surface area contributed by atoms with Crippen molar-refractivity contribution in [3.8, 4) is 0 Å². The Bertz CT molecular complexity index is 278. The Labute approximate surface area is 93.1 Å². The van der Waals surface area contributed by atoms with E-state index in [0.29, 0.717) is 6.61 Å². The van der Waals surface area contributed by atoms with E-state index in [-0.39, 0.29) is 28.9 Å². The number of carbonyl (C=O) groups is 3. The van der Waals surface area contributed by atoms with Crippen LogP contribution in [0.2, 0.25) is 0 Å². The highest BCUT2D eigenvalue weighted by Gasteiger charge is 2.09. The van der Waals surface area contributed by atoms with Crippen molar-refractivity contribution in [2.24, 2.45) is 0 Å². The molecule has 0 saturated heterocycles. The van der Waals surface area contributed by atoms with Crippen molar-refractivity contribution in [1.29, 1.82) is 0 Å². The molecule has 0 aromatic rings. The first-order chi connectivity index (χ1) is 6.99. The summed E-state index contributed by atoms with van der Waals surface area (Å²) < 4.78 is 4.69. The van der Waals surface area contributed by atoms with Gasteiger partial charge in [0.1, 0.15) is 0 Å². The first-order valence-corrected chi connectivity index (χ1v) is 5.53. The molecule has 0 aromatic carbocycles. The lowest BCUT2D eigenvalue weighted by Crippen LogP contribution is -2.08. The van der Waals surface area contributed by atoms with Gasteiger partial charge in [-0.3, -0.25) is 14.4 Å². The Morgan fingerprint density at radius 3 is 2.13 bits per heavy atom. The maximum Gasteiger partial charge on any atom is 0.316 e. The standard InChI is InChI=1S/C10H14O4S/c1-4-14-10(13)6-15-5-9(7(2)11)8(3)12/h5H,4,6H2,1-3H3. The van der Waals surface area contributed by atoms with E-state index in [2.05, 4.69) is 4.74 Å². The number of rotatable bonds is 6. The van der Waals surface area contributed by atoms with Gasteiger partial charge in [-0.05, 0) is 26.2 Å². The Morgan fingerprint density at radius 2 is 1.73 bits per heavy atom. The van der Waals surface area contributed by atoms with Crippen LogP contribution in [0.25, 0.3) is 0 Å². The van der Waals surface area contributed by atoms with Crippen molar-refractivity contribution in [2.45, 2.75) is 20.8 Å². The summed E-state index contributed by atoms with van der Waals surface area (Å²) in [5, 5.41) is 1.40. The average molecular weight is 230 g/mol. The van der Waals surface area contributed by atoms with Gasteiger partial charge in [-0.2, -0.15) is 0 Å². The van der Waals surface area contributed by atoms with Gasteiger partial charge >= 0.3 is 5.97 Å². The maximum absolute atomic E-state index is 11.0. The van der Waals surface area contributed by atoms with Crippen LogP contribution in [0.5, 0.6) is 0 Å². The molecule has 15 heavy (non-hydrogen) atoms. The van der Waals surface area contributed by atoms with Crippen LogP contribution in [0.4, 0.5) is 0 Å². The largest absolute Gasteiger partial charge is 0.465 e. The summed E-state index contributed by atoms with van der Waals surface area (Å²) in [7, 11) is 0. The van der Waals surface area contributed by atoms with E-state index in [9.17, 15) is 14.4 Å². The zero-order chi connectivity index (χ0) is 11.8. The molecule has 5 heteroatoms. The number of allylic oxidation sites excluding steroid dienone is 1. The summed E-state index contributed by atoms with van der Waals surface area (Å²) in [5.41, 5.74) is 0.115. The summed E-state index contributed by atoms with van der Waals surface area (Å²) in [6, 6.07) is 0. The molecule has 0 spiro atoms. The summed E-state index contributed by atoms with van der Waals surface area (Å²) in [6.45, 7) is 4.68. The molecule has 0 aromatic heterocycles. The highest BCUT2D eigenvalue weighted by molar-refractivity contribution is 8.02. The van der Waals surface area contributed by atoms with E-state index in [1.807, 2.05) is 0 Å². The van der Waals surface area contributed by atoms with Crippen LogP contribution in [-0.4, -0.2) is 29.9 Å². The molecule has 0 unspecified atom stereocenters. The number of ketones is 2. The molecule has 0 radical (unpaired) electrons. The van der Waals surface area contributed by atoms with E-state index in [0.717, 1.165) is 11.8 Å². The van der Waals surface area contributed by atoms with Crippen LogP contribution >= 0.6 is 11.8 Å². The van der Waals surface area contributed by atoms with Gasteiger partial charge in [0.05, 0.1) is 17.9 Å². The number of thioether (sulfide) groups is 1. The number of esters is 1. The van der Waals surface area contributed by atoms with Crippen LogP contribution < -0.4 is 0 Å². The molecular formula is C10H14O4S. The lowest BCUT2D eigenvalue weighted by Gasteiger charge is -2.00. The Kier molecular flexibility index (Phi) is 6.70. The van der Waals surface area contributed by atoms with Crippen LogP contribution in [0.1, 0.15) is 20.8 Å². The van der Waals surface area contributed by atoms with E-state index in [4.69, 9.17) is 0 Å². The SMILES string of the molecule is CCOC(=O)CSC=C(C(C)=O)C(C)=O. The Hall–Kier alpha value is -1.10. The molecule has 0 aliphatic rings. The molecule has 0 aliphatic heterocycles. The van der Waals surface area contributed by atoms with Gasteiger partial charge < -0.3 is 4.74 Å². The van der Waals surface area contributed by atoms with Crippen LogP contribution in [0.3, 0.4) is 0 Å². The normalized spacial score (nSPS) is 9.27. The lowest BCUT2D eigenvalue weighted by atomic mass is 10.1. The molecule has 0 fully saturated rings. The third-order valence-corrected chi connectivity index (χ3v) is 2.27. The third-order valence-electron chi connectivity index (χ3n) is 1.47. The zero-order valence-electron chi connectivity index (χ0n) is 9.03. The smallest absolute Gasteiger partial charge is 0.316 e. The van der Waals surface area contributed by atoms with E-state index in [1.165, 1.54) is 19.3 Å². The van der Waals surface area contributed by atoms with Gasteiger partial charge in [0.15, 0.2) is 11.6 Å². The number of hydrogen-bond donors (Lipinski definition) is 0. The number of ether oxygens (including phenoxy) is 1. The van der Waals surface area contributed by atoms with Crippen molar-refractivity contribution >= 4 is 29.3 Å². The molecule has 0 N–H and O–H groups in total. The second kappa shape index (κ2) is 7.23. The van der Waals surface area contributed by atoms with Gasteiger partial charge in [-0.1, -0.05) is 0 Å². The van der Waals surface area contributed by atoms with E-state index in [1.54, 1.807) is 6.92 Å². The first-order valence-electron chi connectivity index (χ1n) is 4.48. The molecule has 0 atom stereocenters. The highest BCUT2D eigenvalue weighted by atomic mass is 32.2. The molecule has 0 amide bonds. The number of carbonyl (C=O) groups excluding carboxylic acids is 3. The summed E-state index contributed by atoms with van der Waals surface area (Å²) in [6.07, 6.45) is 0. The van der Waals surface area contributed by atoms with Crippen molar-refractivity contribution in [2.75, 3.05) is 12.4 Å². The van der Waals surface area contributed by atoms with Gasteiger partial charge in [0.25, 0.3) is 0 Å². The van der Waals surface area contributed by atoms with Crippen LogP contribution in [0.15, 0.2) is 11.0 Å². The fourth-order valence-corrected chi connectivity index (χ4v) is 1.61. The second-order valence-electron chi connectivity index (χ2n) is 2.76. The molecule has 0 bridgehead atoms. The molecule has 0 heterocycles. The molecular weight excluding hydrogens is 216 g/mol. The summed E-state index contributed by atoms with van der Waals surface area (Å²) >= 11 is 1.09. The predicted octanol–water partition coefficient (Wildman–Crippen LogP) is 1.34. The molecule has 0 saturated carbocycles. The van der Waals surface area contributed by atoms with E-state index < -0.39 is 0 Å². The zero-order valence-corrected chi connectivity index (χ0v) is 9.85. The monoisotopic (exact) mass is 230 g/mol. The minimum Gasteiger partial charge on any atom is -0.465 e. The predicted molar refractivity (Wildman–Crippen MR) is 58.5 cm³/mol. The molecule has 4 nitrogen and oxygen atoms in total. The fraction of sp³-hybridized carbons (Fsp3) is 0.500. The second-order valence-corrected chi connectivity index (χ2v) is 3.62. The quantitative estimate of drug-likeness (QED) is 0.298. The van der Waals surface area contributed by atoms with Gasteiger partial charge in [-0.25, -0.2) is 0 Å². The minimum absolute atomic E-state index is 0.109. The Morgan fingerprint density at radius 1 is 1.20 bits per heavy atom. The first kappa shape index (κ1) is 13.9. The lowest BCUT2D eigenvalue weighted by molar-refractivity contribution is -0.139. The van der Waals surface area contributed by atoms with Crippen molar-refractivity contribution in [3.63, 3.8) is 0 Å². The highest BCUT2D eigenvalue weighted by Crippen LogP contribution is 2.09. The van der Waals surface area contributed by atoms with Crippen molar-refractivity contribution in [3.05, 3.63) is 11.0 Å². The number of Topliss-reactive ketones (excluding diaryl/α,β-unsaturated/α-hetero) is 2. The molecule has 0 aliphatic carbocycles. The van der Waals surface area contributed by atoms with Crippen molar-refractivity contribution in [1.82, 2.24) is 0 Å². The Balaban J connectivity index is 4.18. The fourth-order valence-electron chi connectivity index (χ4n) is 0.810. The third kappa shape index (κ3) is 6.06. The molecule has 0 rings (SSSR count). The number of hydrogen-bond acceptors (Lipinski definition) is 5.